The van der Waals surface area contributed by atoms with Crippen molar-refractivity contribution < 1.29 is 0 Å². The van der Waals surface area contributed by atoms with Gasteiger partial charge in [-0.1, -0.05) is 51.1 Å². The van der Waals surface area contributed by atoms with Crippen LogP contribution in [0.2, 0.25) is 0 Å². The van der Waals surface area contributed by atoms with Crippen molar-refractivity contribution in [3.8, 4) is 0 Å². The van der Waals surface area contributed by atoms with Crippen molar-refractivity contribution in [1.29, 1.82) is 0 Å². The molecule has 1 aliphatic rings. The summed E-state index contributed by atoms with van der Waals surface area (Å²) in [6.45, 7) is 9.40. The van der Waals surface area contributed by atoms with Crippen LogP contribution in [0.5, 0.6) is 0 Å². The van der Waals surface area contributed by atoms with Crippen molar-refractivity contribution in [3.05, 3.63) is 35.9 Å². The molecule has 1 nitrogen and oxygen atoms in total. The molecule has 1 aliphatic carbocycles. The highest BCUT2D eigenvalue weighted by Gasteiger charge is 2.44. The van der Waals surface area contributed by atoms with Crippen molar-refractivity contribution in [3.63, 3.8) is 0 Å². The van der Waals surface area contributed by atoms with Gasteiger partial charge in [-0.2, -0.15) is 0 Å². The molecule has 1 aromatic carbocycles. The summed E-state index contributed by atoms with van der Waals surface area (Å²) >= 11 is 0. The van der Waals surface area contributed by atoms with Crippen molar-refractivity contribution in [2.45, 2.75) is 39.5 Å². The van der Waals surface area contributed by atoms with Gasteiger partial charge in [-0.15, -0.1) is 0 Å². The molecule has 1 saturated carbocycles. The molecule has 17 heavy (non-hydrogen) atoms. The molecule has 1 heteroatoms. The van der Waals surface area contributed by atoms with Gasteiger partial charge in [-0.05, 0) is 48.7 Å². The molecule has 1 aromatic rings. The lowest BCUT2D eigenvalue weighted by Gasteiger charge is -2.12. The maximum Gasteiger partial charge on any atom is -0.00152 e. The summed E-state index contributed by atoms with van der Waals surface area (Å²) in [4.78, 5) is 0. The van der Waals surface area contributed by atoms with Crippen LogP contribution in [0.4, 0.5) is 0 Å². The number of nitrogens with one attached hydrogen (secondary N) is 1. The first-order chi connectivity index (χ1) is 8.09. The van der Waals surface area contributed by atoms with Gasteiger partial charge in [0.25, 0.3) is 0 Å². The SMILES string of the molecule is CC(CCNCC1CC1(C)C)c1ccccc1. The van der Waals surface area contributed by atoms with Crippen molar-refractivity contribution in [2.24, 2.45) is 11.3 Å². The van der Waals surface area contributed by atoms with Crippen LogP contribution in [-0.2, 0) is 0 Å². The largest absolute Gasteiger partial charge is 0.316 e. The predicted molar refractivity (Wildman–Crippen MR) is 74.2 cm³/mol. The van der Waals surface area contributed by atoms with Gasteiger partial charge < -0.3 is 5.32 Å². The smallest absolute Gasteiger partial charge is 0.00152 e. The third kappa shape index (κ3) is 3.57. The van der Waals surface area contributed by atoms with Crippen LogP contribution in [0.1, 0.15) is 45.1 Å². The van der Waals surface area contributed by atoms with Gasteiger partial charge in [0.05, 0.1) is 0 Å². The van der Waals surface area contributed by atoms with E-state index in [0.717, 1.165) is 12.5 Å². The molecular weight excluding hydrogens is 206 g/mol. The fourth-order valence-corrected chi connectivity index (χ4v) is 2.47. The van der Waals surface area contributed by atoms with E-state index in [0.29, 0.717) is 11.3 Å². The lowest BCUT2D eigenvalue weighted by molar-refractivity contribution is 0.506. The fourth-order valence-electron chi connectivity index (χ4n) is 2.47. The van der Waals surface area contributed by atoms with Gasteiger partial charge >= 0.3 is 0 Å². The summed E-state index contributed by atoms with van der Waals surface area (Å²) in [5.41, 5.74) is 2.07. The van der Waals surface area contributed by atoms with E-state index >= 15 is 0 Å². The highest BCUT2D eigenvalue weighted by Crippen LogP contribution is 2.50. The molecule has 0 radical (unpaired) electrons. The molecule has 0 heterocycles. The molecule has 0 aromatic heterocycles. The Kier molecular flexibility index (Phi) is 3.88. The summed E-state index contributed by atoms with van der Waals surface area (Å²) in [5.74, 6) is 1.57. The highest BCUT2D eigenvalue weighted by atomic mass is 14.9. The maximum absolute atomic E-state index is 3.60. The first-order valence-electron chi connectivity index (χ1n) is 6.85. The predicted octanol–water partition coefficient (Wildman–Crippen LogP) is 3.82. The van der Waals surface area contributed by atoms with Gasteiger partial charge in [0, 0.05) is 0 Å². The Balaban J connectivity index is 1.62. The summed E-state index contributed by atoms with van der Waals surface area (Å²) < 4.78 is 0. The first kappa shape index (κ1) is 12.6. The van der Waals surface area contributed by atoms with Crippen LogP contribution in [0.3, 0.4) is 0 Å². The molecule has 0 amide bonds. The Hall–Kier alpha value is -0.820. The van der Waals surface area contributed by atoms with Crippen LogP contribution >= 0.6 is 0 Å². The van der Waals surface area contributed by atoms with E-state index < -0.39 is 0 Å². The second-order valence-corrected chi connectivity index (χ2v) is 6.19. The Bertz CT molecular complexity index is 342. The quantitative estimate of drug-likeness (QED) is 0.734. The maximum atomic E-state index is 3.60. The topological polar surface area (TPSA) is 12.0 Å². The van der Waals surface area contributed by atoms with Gasteiger partial charge in [0.1, 0.15) is 0 Å². The number of hydrogen-bond acceptors (Lipinski definition) is 1. The molecule has 1 fully saturated rings. The zero-order chi connectivity index (χ0) is 12.3. The van der Waals surface area contributed by atoms with E-state index in [1.165, 1.54) is 24.9 Å². The average Bonchev–Trinajstić information content (AvgIpc) is 2.93. The Morgan fingerprint density at radius 1 is 1.29 bits per heavy atom. The monoisotopic (exact) mass is 231 g/mol. The Labute approximate surface area is 106 Å². The van der Waals surface area contributed by atoms with E-state index in [1.807, 2.05) is 0 Å². The summed E-state index contributed by atoms with van der Waals surface area (Å²) in [5, 5.41) is 3.60. The van der Waals surface area contributed by atoms with Gasteiger partial charge in [0.2, 0.25) is 0 Å². The van der Waals surface area contributed by atoms with Crippen molar-refractivity contribution in [1.82, 2.24) is 5.32 Å². The van der Waals surface area contributed by atoms with E-state index in [2.05, 4.69) is 56.4 Å². The van der Waals surface area contributed by atoms with Crippen LogP contribution in [0.25, 0.3) is 0 Å². The summed E-state index contributed by atoms with van der Waals surface area (Å²) in [6, 6.07) is 10.8. The fraction of sp³-hybridized carbons (Fsp3) is 0.625. The van der Waals surface area contributed by atoms with Gasteiger partial charge in [0.15, 0.2) is 0 Å². The lowest BCUT2D eigenvalue weighted by atomic mass is 9.98. The molecule has 2 unspecified atom stereocenters. The molecule has 0 saturated heterocycles. The molecule has 1 N–H and O–H groups in total. The molecule has 0 aliphatic heterocycles. The second-order valence-electron chi connectivity index (χ2n) is 6.19. The Morgan fingerprint density at radius 3 is 2.53 bits per heavy atom. The molecule has 94 valence electrons. The lowest BCUT2D eigenvalue weighted by Crippen LogP contribution is -2.21. The van der Waals surface area contributed by atoms with Crippen LogP contribution in [-0.4, -0.2) is 13.1 Å². The number of rotatable bonds is 6. The normalized spacial score (nSPS) is 23.4. The van der Waals surface area contributed by atoms with E-state index in [1.54, 1.807) is 0 Å². The van der Waals surface area contributed by atoms with Crippen LogP contribution < -0.4 is 5.32 Å². The third-order valence-corrected chi connectivity index (χ3v) is 4.23. The summed E-state index contributed by atoms with van der Waals surface area (Å²) in [6.07, 6.45) is 2.63. The zero-order valence-electron chi connectivity index (χ0n) is 11.4. The zero-order valence-corrected chi connectivity index (χ0v) is 11.4. The van der Waals surface area contributed by atoms with Crippen molar-refractivity contribution >= 4 is 0 Å². The highest BCUT2D eigenvalue weighted by molar-refractivity contribution is 5.18. The third-order valence-electron chi connectivity index (χ3n) is 4.23. The van der Waals surface area contributed by atoms with Gasteiger partial charge in [-0.25, -0.2) is 0 Å². The first-order valence-corrected chi connectivity index (χ1v) is 6.85. The van der Waals surface area contributed by atoms with Gasteiger partial charge in [-0.3, -0.25) is 0 Å². The summed E-state index contributed by atoms with van der Waals surface area (Å²) in [7, 11) is 0. The average molecular weight is 231 g/mol. The molecule has 0 spiro atoms. The van der Waals surface area contributed by atoms with E-state index in [4.69, 9.17) is 0 Å². The Morgan fingerprint density at radius 2 is 1.94 bits per heavy atom. The molecular formula is C16H25N. The second kappa shape index (κ2) is 5.22. The number of benzene rings is 1. The molecule has 2 rings (SSSR count). The van der Waals surface area contributed by atoms with Crippen molar-refractivity contribution in [2.75, 3.05) is 13.1 Å². The minimum atomic E-state index is 0.609. The van der Waals surface area contributed by atoms with E-state index in [-0.39, 0.29) is 0 Å². The van der Waals surface area contributed by atoms with Crippen LogP contribution in [0.15, 0.2) is 30.3 Å². The minimum absolute atomic E-state index is 0.609. The molecule has 0 bridgehead atoms. The number of hydrogen-bond donors (Lipinski definition) is 1. The van der Waals surface area contributed by atoms with E-state index in [9.17, 15) is 0 Å². The van der Waals surface area contributed by atoms with Crippen LogP contribution in [0, 0.1) is 11.3 Å². The minimum Gasteiger partial charge on any atom is -0.316 e. The molecule has 2 atom stereocenters. The standard InChI is InChI=1S/C16H25N/c1-13(14-7-5-4-6-8-14)9-10-17-12-15-11-16(15,2)3/h4-8,13,15,17H,9-12H2,1-3H3.